The van der Waals surface area contributed by atoms with Gasteiger partial charge in [0.05, 0.1) is 6.10 Å². The Balaban J connectivity index is 1.86. The first kappa shape index (κ1) is 15.9. The molecule has 0 bridgehead atoms. The lowest BCUT2D eigenvalue weighted by Gasteiger charge is -2.57. The van der Waals surface area contributed by atoms with Crippen LogP contribution in [-0.2, 0) is 16.0 Å². The summed E-state index contributed by atoms with van der Waals surface area (Å²) in [5.74, 6) is 0.949. The normalized spacial score (nSPS) is 27.2. The molecule has 0 spiro atoms. The van der Waals surface area contributed by atoms with Gasteiger partial charge >= 0.3 is 0 Å². The molecule has 1 aliphatic rings. The number of hydrogen-bond acceptors (Lipinski definition) is 6. The minimum atomic E-state index is -0.891. The van der Waals surface area contributed by atoms with Crippen LogP contribution >= 0.6 is 0 Å². The molecular weight excluding hydrogens is 272 g/mol. The van der Waals surface area contributed by atoms with Crippen LogP contribution < -0.4 is 11.1 Å². The molecule has 1 aromatic rings. The number of nitrogens with one attached hydrogen (secondary N) is 1. The number of aryl methyl sites for hydroxylation is 1. The molecule has 118 valence electrons. The smallest absolute Gasteiger partial charge is 0.240 e. The van der Waals surface area contributed by atoms with Crippen molar-refractivity contribution in [2.24, 2.45) is 11.1 Å². The molecule has 0 aliphatic heterocycles. The van der Waals surface area contributed by atoms with Crippen LogP contribution in [0.3, 0.4) is 0 Å². The molecule has 7 heteroatoms. The Morgan fingerprint density at radius 3 is 2.81 bits per heavy atom. The van der Waals surface area contributed by atoms with Crippen molar-refractivity contribution < 1.29 is 14.1 Å². The molecule has 1 aliphatic carbocycles. The van der Waals surface area contributed by atoms with Crippen molar-refractivity contribution in [2.75, 3.05) is 13.2 Å². The molecule has 1 amide bonds. The number of carbonyl (C=O) groups excluding carboxylic acids is 1. The molecule has 1 heterocycles. The first-order chi connectivity index (χ1) is 9.81. The minimum absolute atomic E-state index is 0.0249. The van der Waals surface area contributed by atoms with Crippen LogP contribution in [0.4, 0.5) is 0 Å². The minimum Gasteiger partial charge on any atom is -0.378 e. The summed E-state index contributed by atoms with van der Waals surface area (Å²) in [6.07, 6.45) is 1.06. The molecule has 21 heavy (non-hydrogen) atoms. The zero-order chi connectivity index (χ0) is 15.7. The SMILES string of the molecule is CCOC1CC(N)(C(=O)NCCc2nc(C)no2)C1(C)C. The maximum absolute atomic E-state index is 12.3. The van der Waals surface area contributed by atoms with Gasteiger partial charge in [0, 0.05) is 31.4 Å². The first-order valence-corrected chi connectivity index (χ1v) is 7.29. The highest BCUT2D eigenvalue weighted by Gasteiger charge is 2.62. The summed E-state index contributed by atoms with van der Waals surface area (Å²) in [4.78, 5) is 16.4. The summed E-state index contributed by atoms with van der Waals surface area (Å²) in [6, 6.07) is 0. The van der Waals surface area contributed by atoms with Crippen molar-refractivity contribution in [3.8, 4) is 0 Å². The van der Waals surface area contributed by atoms with Crippen LogP contribution in [0, 0.1) is 12.3 Å². The highest BCUT2D eigenvalue weighted by Crippen LogP contribution is 2.49. The molecule has 0 aromatic carbocycles. The third kappa shape index (κ3) is 2.80. The monoisotopic (exact) mass is 296 g/mol. The summed E-state index contributed by atoms with van der Waals surface area (Å²) in [6.45, 7) is 8.69. The number of hydrogen-bond donors (Lipinski definition) is 2. The van der Waals surface area contributed by atoms with E-state index in [0.29, 0.717) is 37.7 Å². The summed E-state index contributed by atoms with van der Waals surface area (Å²) >= 11 is 0. The van der Waals surface area contributed by atoms with Crippen LogP contribution in [0.15, 0.2) is 4.52 Å². The predicted octanol–water partition coefficient (Wildman–Crippen LogP) is 0.569. The fraction of sp³-hybridized carbons (Fsp3) is 0.786. The lowest BCUT2D eigenvalue weighted by Crippen LogP contribution is -2.75. The molecule has 1 fully saturated rings. The molecule has 1 saturated carbocycles. The van der Waals surface area contributed by atoms with E-state index in [1.807, 2.05) is 20.8 Å². The number of aromatic nitrogens is 2. The Morgan fingerprint density at radius 1 is 1.57 bits per heavy atom. The van der Waals surface area contributed by atoms with Crippen LogP contribution in [-0.4, -0.2) is 40.8 Å². The van der Waals surface area contributed by atoms with Gasteiger partial charge in [-0.1, -0.05) is 19.0 Å². The van der Waals surface area contributed by atoms with E-state index in [9.17, 15) is 4.79 Å². The number of carbonyl (C=O) groups is 1. The molecule has 0 radical (unpaired) electrons. The quantitative estimate of drug-likeness (QED) is 0.795. The van der Waals surface area contributed by atoms with E-state index < -0.39 is 5.54 Å². The van der Waals surface area contributed by atoms with Gasteiger partial charge in [-0.15, -0.1) is 0 Å². The number of ether oxygens (including phenoxy) is 1. The zero-order valence-electron chi connectivity index (χ0n) is 13.1. The van der Waals surface area contributed by atoms with Gasteiger partial charge in [-0.2, -0.15) is 4.98 Å². The summed E-state index contributed by atoms with van der Waals surface area (Å²) in [7, 11) is 0. The second-order valence-corrected chi connectivity index (χ2v) is 6.08. The third-order valence-corrected chi connectivity index (χ3v) is 4.43. The Bertz CT molecular complexity index is 514. The first-order valence-electron chi connectivity index (χ1n) is 7.29. The van der Waals surface area contributed by atoms with E-state index in [0.717, 1.165) is 0 Å². The molecule has 2 unspecified atom stereocenters. The molecule has 0 saturated heterocycles. The lowest BCUT2D eigenvalue weighted by atomic mass is 9.54. The lowest BCUT2D eigenvalue weighted by molar-refractivity contribution is -0.170. The second kappa shape index (κ2) is 5.73. The molecule has 1 aromatic heterocycles. The summed E-state index contributed by atoms with van der Waals surface area (Å²) in [5.41, 5.74) is 5.01. The number of rotatable bonds is 6. The fourth-order valence-corrected chi connectivity index (χ4v) is 2.70. The molecule has 7 nitrogen and oxygen atoms in total. The van der Waals surface area contributed by atoms with E-state index in [-0.39, 0.29) is 17.4 Å². The Hall–Kier alpha value is -1.47. The maximum Gasteiger partial charge on any atom is 0.240 e. The molecular formula is C14H24N4O3. The number of nitrogens with zero attached hydrogens (tertiary/aromatic N) is 2. The van der Waals surface area contributed by atoms with Crippen molar-refractivity contribution in [1.82, 2.24) is 15.5 Å². The van der Waals surface area contributed by atoms with Gasteiger partial charge in [0.15, 0.2) is 5.82 Å². The van der Waals surface area contributed by atoms with Crippen molar-refractivity contribution in [1.29, 1.82) is 0 Å². The topological polar surface area (TPSA) is 103 Å². The zero-order valence-corrected chi connectivity index (χ0v) is 13.1. The van der Waals surface area contributed by atoms with Crippen LogP contribution in [0.1, 0.15) is 38.9 Å². The van der Waals surface area contributed by atoms with E-state index in [1.165, 1.54) is 0 Å². The van der Waals surface area contributed by atoms with Gasteiger partial charge in [-0.3, -0.25) is 4.79 Å². The second-order valence-electron chi connectivity index (χ2n) is 6.08. The number of amides is 1. The van der Waals surface area contributed by atoms with Gasteiger partial charge in [0.1, 0.15) is 5.54 Å². The van der Waals surface area contributed by atoms with Crippen molar-refractivity contribution >= 4 is 5.91 Å². The van der Waals surface area contributed by atoms with Gasteiger partial charge in [-0.05, 0) is 13.8 Å². The fourth-order valence-electron chi connectivity index (χ4n) is 2.70. The van der Waals surface area contributed by atoms with Crippen molar-refractivity contribution in [2.45, 2.75) is 52.2 Å². The number of nitrogens with two attached hydrogens (primary N) is 1. The summed E-state index contributed by atoms with van der Waals surface area (Å²) in [5, 5.41) is 6.56. The van der Waals surface area contributed by atoms with Crippen molar-refractivity contribution in [3.63, 3.8) is 0 Å². The Morgan fingerprint density at radius 2 is 2.29 bits per heavy atom. The average Bonchev–Trinajstić information content (AvgIpc) is 2.83. The van der Waals surface area contributed by atoms with E-state index in [2.05, 4.69) is 15.5 Å². The predicted molar refractivity (Wildman–Crippen MR) is 76.5 cm³/mol. The van der Waals surface area contributed by atoms with E-state index in [1.54, 1.807) is 6.92 Å². The average molecular weight is 296 g/mol. The highest BCUT2D eigenvalue weighted by molar-refractivity contribution is 5.88. The highest BCUT2D eigenvalue weighted by atomic mass is 16.5. The van der Waals surface area contributed by atoms with Gasteiger partial charge < -0.3 is 20.3 Å². The largest absolute Gasteiger partial charge is 0.378 e. The molecule has 3 N–H and O–H groups in total. The Labute approximate surface area is 124 Å². The van der Waals surface area contributed by atoms with Crippen LogP contribution in [0.2, 0.25) is 0 Å². The van der Waals surface area contributed by atoms with Gasteiger partial charge in [0.25, 0.3) is 0 Å². The maximum atomic E-state index is 12.3. The standard InChI is InChI=1S/C14H24N4O3/c1-5-20-10-8-14(15,13(10,3)4)12(19)16-7-6-11-17-9(2)18-21-11/h10H,5-8,15H2,1-4H3,(H,16,19). The molecule has 2 rings (SSSR count). The van der Waals surface area contributed by atoms with E-state index >= 15 is 0 Å². The van der Waals surface area contributed by atoms with Crippen molar-refractivity contribution in [3.05, 3.63) is 11.7 Å². The summed E-state index contributed by atoms with van der Waals surface area (Å²) < 4.78 is 10.6. The van der Waals surface area contributed by atoms with Gasteiger partial charge in [-0.25, -0.2) is 0 Å². The van der Waals surface area contributed by atoms with E-state index in [4.69, 9.17) is 15.0 Å². The Kier molecular flexibility index (Phi) is 4.34. The molecule has 2 atom stereocenters. The van der Waals surface area contributed by atoms with Crippen LogP contribution in [0.5, 0.6) is 0 Å². The third-order valence-electron chi connectivity index (χ3n) is 4.43. The van der Waals surface area contributed by atoms with Gasteiger partial charge in [0.2, 0.25) is 11.8 Å². The van der Waals surface area contributed by atoms with Crippen LogP contribution in [0.25, 0.3) is 0 Å².